The van der Waals surface area contributed by atoms with Crippen LogP contribution in [0.1, 0.15) is 22.3 Å². The summed E-state index contributed by atoms with van der Waals surface area (Å²) in [5.74, 6) is 0. The standard InChI is InChI=1S/C24H16/c1-2-18-6-10-24-16-20(8-12-23(24)14-18)4-3-19-7-11-21-13-17(1)5-9-22(21)15-19/h1-16H. The Balaban J connectivity index is 1.80. The summed E-state index contributed by atoms with van der Waals surface area (Å²) in [6, 6.07) is 26.5. The first-order valence-corrected chi connectivity index (χ1v) is 8.27. The first-order chi connectivity index (χ1) is 11.8. The lowest BCUT2D eigenvalue weighted by Crippen LogP contribution is -1.81. The molecule has 0 saturated heterocycles. The monoisotopic (exact) mass is 304 g/mol. The molecule has 8 bridgehead atoms. The van der Waals surface area contributed by atoms with Crippen LogP contribution in [0.15, 0.2) is 72.8 Å². The largest absolute Gasteiger partial charge is 0.0544 e. The summed E-state index contributed by atoms with van der Waals surface area (Å²) in [7, 11) is 0. The van der Waals surface area contributed by atoms with Gasteiger partial charge < -0.3 is 0 Å². The first-order valence-electron chi connectivity index (χ1n) is 8.27. The molecule has 24 heavy (non-hydrogen) atoms. The molecule has 0 aromatic heterocycles. The van der Waals surface area contributed by atoms with Gasteiger partial charge in [0.05, 0.1) is 0 Å². The molecular weight excluding hydrogens is 288 g/mol. The van der Waals surface area contributed by atoms with Crippen LogP contribution in [0.25, 0.3) is 45.8 Å². The summed E-state index contributed by atoms with van der Waals surface area (Å²) in [6.07, 6.45) is 8.76. The Morgan fingerprint density at radius 3 is 0.792 bits per heavy atom. The van der Waals surface area contributed by atoms with Crippen LogP contribution in [-0.4, -0.2) is 0 Å². The van der Waals surface area contributed by atoms with E-state index in [1.54, 1.807) is 0 Å². The Hall–Kier alpha value is -3.12. The molecule has 0 heteroatoms. The third-order valence-electron chi connectivity index (χ3n) is 4.71. The molecule has 0 nitrogen and oxygen atoms in total. The van der Waals surface area contributed by atoms with Gasteiger partial charge in [-0.15, -0.1) is 0 Å². The lowest BCUT2D eigenvalue weighted by atomic mass is 10.0. The second kappa shape index (κ2) is 5.21. The molecule has 0 saturated carbocycles. The van der Waals surface area contributed by atoms with Crippen LogP contribution in [0.2, 0.25) is 0 Å². The number of hydrogen-bond acceptors (Lipinski definition) is 0. The Bertz CT molecular complexity index is 959. The molecule has 0 N–H and O–H groups in total. The van der Waals surface area contributed by atoms with Crippen molar-refractivity contribution in [2.75, 3.05) is 0 Å². The molecule has 12 rings (SSSR count). The predicted octanol–water partition coefficient (Wildman–Crippen LogP) is 6.65. The van der Waals surface area contributed by atoms with Gasteiger partial charge in [0.1, 0.15) is 0 Å². The van der Waals surface area contributed by atoms with E-state index in [-0.39, 0.29) is 0 Å². The van der Waals surface area contributed by atoms with Crippen molar-refractivity contribution >= 4 is 45.8 Å². The fraction of sp³-hybridized carbons (Fsp3) is 0. The van der Waals surface area contributed by atoms with Crippen LogP contribution < -0.4 is 0 Å². The van der Waals surface area contributed by atoms with Gasteiger partial charge in [-0.05, 0) is 68.1 Å². The molecule has 0 amide bonds. The van der Waals surface area contributed by atoms with E-state index in [1.807, 2.05) is 0 Å². The first kappa shape index (κ1) is 13.3. The van der Waals surface area contributed by atoms with E-state index in [9.17, 15) is 0 Å². The molecule has 4 aromatic carbocycles. The molecule has 8 aliphatic carbocycles. The molecule has 112 valence electrons. The van der Waals surface area contributed by atoms with E-state index >= 15 is 0 Å². The van der Waals surface area contributed by atoms with Crippen LogP contribution >= 0.6 is 0 Å². The van der Waals surface area contributed by atoms with Gasteiger partial charge in [0.15, 0.2) is 0 Å². The molecule has 8 aliphatic rings. The molecule has 4 aromatic rings. The maximum Gasteiger partial charge on any atom is -0.0178 e. The van der Waals surface area contributed by atoms with Crippen LogP contribution in [0.3, 0.4) is 0 Å². The Morgan fingerprint density at radius 1 is 0.292 bits per heavy atom. The number of hydrogen-bond donors (Lipinski definition) is 0. The van der Waals surface area contributed by atoms with E-state index in [2.05, 4.69) is 97.1 Å². The predicted molar refractivity (Wildman–Crippen MR) is 106 cm³/mol. The van der Waals surface area contributed by atoms with E-state index in [4.69, 9.17) is 0 Å². The fourth-order valence-electron chi connectivity index (χ4n) is 3.36. The summed E-state index contributed by atoms with van der Waals surface area (Å²) in [5.41, 5.74) is 4.92. The summed E-state index contributed by atoms with van der Waals surface area (Å²) >= 11 is 0. The van der Waals surface area contributed by atoms with Crippen LogP contribution in [0.5, 0.6) is 0 Å². The highest BCUT2D eigenvalue weighted by molar-refractivity contribution is 5.91. The molecule has 0 atom stereocenters. The van der Waals surface area contributed by atoms with Gasteiger partial charge in [-0.1, -0.05) is 72.8 Å². The fourth-order valence-corrected chi connectivity index (χ4v) is 3.36. The minimum absolute atomic E-state index is 1.23. The number of benzene rings is 4. The summed E-state index contributed by atoms with van der Waals surface area (Å²) in [4.78, 5) is 0. The van der Waals surface area contributed by atoms with Gasteiger partial charge in [-0.3, -0.25) is 0 Å². The zero-order chi connectivity index (χ0) is 15.9. The highest BCUT2D eigenvalue weighted by Gasteiger charge is 2.00. The number of rotatable bonds is 0. The second-order valence-corrected chi connectivity index (χ2v) is 6.40. The van der Waals surface area contributed by atoms with E-state index in [0.717, 1.165) is 0 Å². The van der Waals surface area contributed by atoms with Gasteiger partial charge in [-0.2, -0.15) is 0 Å². The van der Waals surface area contributed by atoms with Crippen LogP contribution in [-0.2, 0) is 0 Å². The van der Waals surface area contributed by atoms with Crippen molar-refractivity contribution in [1.82, 2.24) is 0 Å². The maximum absolute atomic E-state index is 2.25. The lowest BCUT2D eigenvalue weighted by molar-refractivity contribution is 1.66. The third kappa shape index (κ3) is 2.33. The molecule has 0 aliphatic heterocycles. The van der Waals surface area contributed by atoms with Gasteiger partial charge >= 0.3 is 0 Å². The van der Waals surface area contributed by atoms with E-state index in [0.29, 0.717) is 0 Å². The quantitative estimate of drug-likeness (QED) is 0.300. The van der Waals surface area contributed by atoms with Gasteiger partial charge in [0, 0.05) is 0 Å². The van der Waals surface area contributed by atoms with Crippen molar-refractivity contribution in [1.29, 1.82) is 0 Å². The maximum atomic E-state index is 2.25. The SMILES string of the molecule is C1=Cc2ccc3cc(ccc3c2)C=Cc2ccc3cc1ccc3c2. The third-order valence-corrected chi connectivity index (χ3v) is 4.71. The summed E-state index contributed by atoms with van der Waals surface area (Å²) < 4.78 is 0. The highest BCUT2D eigenvalue weighted by atomic mass is 14.0. The Kier molecular flexibility index (Phi) is 2.89. The lowest BCUT2D eigenvalue weighted by Gasteiger charge is -2.05. The second-order valence-electron chi connectivity index (χ2n) is 6.40. The Labute approximate surface area is 141 Å². The molecule has 0 radical (unpaired) electrons. The summed E-state index contributed by atoms with van der Waals surface area (Å²) in [5, 5.41) is 5.11. The topological polar surface area (TPSA) is 0 Å². The average molecular weight is 304 g/mol. The normalized spacial score (nSPS) is 12.7. The van der Waals surface area contributed by atoms with Gasteiger partial charge in [0.25, 0.3) is 0 Å². The van der Waals surface area contributed by atoms with Crippen molar-refractivity contribution in [3.8, 4) is 0 Å². The van der Waals surface area contributed by atoms with E-state index < -0.39 is 0 Å². The van der Waals surface area contributed by atoms with Crippen molar-refractivity contribution in [2.24, 2.45) is 0 Å². The van der Waals surface area contributed by atoms with Gasteiger partial charge in [-0.25, -0.2) is 0 Å². The zero-order valence-corrected chi connectivity index (χ0v) is 13.2. The minimum atomic E-state index is 1.23. The van der Waals surface area contributed by atoms with Crippen molar-refractivity contribution in [3.05, 3.63) is 95.1 Å². The molecule has 0 heterocycles. The van der Waals surface area contributed by atoms with Gasteiger partial charge in [0.2, 0.25) is 0 Å². The van der Waals surface area contributed by atoms with E-state index in [1.165, 1.54) is 43.8 Å². The van der Waals surface area contributed by atoms with Crippen LogP contribution in [0.4, 0.5) is 0 Å². The smallest absolute Gasteiger partial charge is 0.0178 e. The molecule has 0 spiro atoms. The molecule has 0 unspecified atom stereocenters. The van der Waals surface area contributed by atoms with Crippen LogP contribution in [0, 0.1) is 0 Å². The summed E-state index contributed by atoms with van der Waals surface area (Å²) in [6.45, 7) is 0. The minimum Gasteiger partial charge on any atom is -0.0544 e. The average Bonchev–Trinajstić information content (AvgIpc) is 2.63. The zero-order valence-electron chi connectivity index (χ0n) is 13.2. The molecule has 0 fully saturated rings. The van der Waals surface area contributed by atoms with Crippen molar-refractivity contribution in [2.45, 2.75) is 0 Å². The van der Waals surface area contributed by atoms with Crippen molar-refractivity contribution in [3.63, 3.8) is 0 Å². The molecular formula is C24H16. The Morgan fingerprint density at radius 2 is 0.542 bits per heavy atom. The highest BCUT2D eigenvalue weighted by Crippen LogP contribution is 2.24. The van der Waals surface area contributed by atoms with Crippen molar-refractivity contribution < 1.29 is 0 Å².